The third kappa shape index (κ3) is 2.28. The molecule has 0 bridgehead atoms. The molecular weight excluding hydrogens is 340 g/mol. The molecule has 3 aromatic carbocycles. The van der Waals surface area contributed by atoms with Crippen LogP contribution in [-0.2, 0) is 5.41 Å². The van der Waals surface area contributed by atoms with Crippen LogP contribution in [0.2, 0.25) is 0 Å². The SMILES string of the molecule is Nc1ccc(C2(c3ccc(N)cc3)C3=C(C=CCC=C3)c3ccccc32)cc1. The first-order valence-corrected chi connectivity index (χ1v) is 9.61. The zero-order valence-corrected chi connectivity index (χ0v) is 15.6. The van der Waals surface area contributed by atoms with Crippen LogP contribution in [0.3, 0.4) is 0 Å². The van der Waals surface area contributed by atoms with E-state index in [2.05, 4.69) is 72.8 Å². The summed E-state index contributed by atoms with van der Waals surface area (Å²) >= 11 is 0. The Morgan fingerprint density at radius 3 is 1.86 bits per heavy atom. The summed E-state index contributed by atoms with van der Waals surface area (Å²) in [6.07, 6.45) is 9.98. The van der Waals surface area contributed by atoms with E-state index in [0.29, 0.717) is 0 Å². The molecule has 0 radical (unpaired) electrons. The van der Waals surface area contributed by atoms with E-state index < -0.39 is 5.41 Å². The Balaban J connectivity index is 1.93. The number of benzene rings is 3. The topological polar surface area (TPSA) is 52.0 Å². The van der Waals surface area contributed by atoms with Crippen LogP contribution in [0.4, 0.5) is 11.4 Å². The molecular formula is C26H22N2. The van der Waals surface area contributed by atoms with E-state index >= 15 is 0 Å². The molecule has 28 heavy (non-hydrogen) atoms. The van der Waals surface area contributed by atoms with Crippen LogP contribution in [0.5, 0.6) is 0 Å². The van der Waals surface area contributed by atoms with Gasteiger partial charge in [-0.25, -0.2) is 0 Å². The molecule has 0 amide bonds. The van der Waals surface area contributed by atoms with E-state index in [-0.39, 0.29) is 0 Å². The second-order valence-corrected chi connectivity index (χ2v) is 7.41. The molecule has 0 saturated heterocycles. The molecule has 0 spiro atoms. The molecule has 136 valence electrons. The summed E-state index contributed by atoms with van der Waals surface area (Å²) < 4.78 is 0. The summed E-state index contributed by atoms with van der Waals surface area (Å²) in [5, 5.41) is 0. The normalized spacial score (nSPS) is 16.6. The number of allylic oxidation sites excluding steroid dienone is 6. The van der Waals surface area contributed by atoms with Crippen molar-refractivity contribution in [3.63, 3.8) is 0 Å². The Labute approximate surface area is 165 Å². The Bertz CT molecular complexity index is 1080. The quantitative estimate of drug-likeness (QED) is 0.594. The van der Waals surface area contributed by atoms with Gasteiger partial charge in [0.25, 0.3) is 0 Å². The van der Waals surface area contributed by atoms with Crippen molar-refractivity contribution in [1.82, 2.24) is 0 Å². The second kappa shape index (κ2) is 6.28. The Morgan fingerprint density at radius 1 is 0.643 bits per heavy atom. The van der Waals surface area contributed by atoms with Crippen LogP contribution < -0.4 is 11.5 Å². The van der Waals surface area contributed by atoms with Crippen molar-refractivity contribution < 1.29 is 0 Å². The molecule has 0 aliphatic heterocycles. The average Bonchev–Trinajstić information content (AvgIpc) is 2.85. The largest absolute Gasteiger partial charge is 0.399 e. The molecule has 3 aromatic rings. The summed E-state index contributed by atoms with van der Waals surface area (Å²) in [5.74, 6) is 0. The molecule has 2 nitrogen and oxygen atoms in total. The number of fused-ring (bicyclic) bond motifs is 2. The van der Waals surface area contributed by atoms with Crippen LogP contribution >= 0.6 is 0 Å². The lowest BCUT2D eigenvalue weighted by atomic mass is 9.66. The predicted molar refractivity (Wildman–Crippen MR) is 118 cm³/mol. The minimum absolute atomic E-state index is 0.390. The molecule has 0 aromatic heterocycles. The third-order valence-electron chi connectivity index (χ3n) is 5.84. The number of hydrogen-bond acceptors (Lipinski definition) is 2. The molecule has 2 aliphatic rings. The standard InChI is InChI=1S/C26H22N2/c27-20-14-10-18(11-15-20)26(19-12-16-21(28)17-13-19)24-8-3-1-2-6-22(24)23-7-4-5-9-25(23)26/h2-17H,1,27-28H2. The summed E-state index contributed by atoms with van der Waals surface area (Å²) in [6, 6.07) is 25.3. The van der Waals surface area contributed by atoms with Crippen molar-refractivity contribution in [3.8, 4) is 0 Å². The number of nitrogens with two attached hydrogens (primary N) is 2. The van der Waals surface area contributed by atoms with Gasteiger partial charge >= 0.3 is 0 Å². The first-order chi connectivity index (χ1) is 13.7. The van der Waals surface area contributed by atoms with Crippen molar-refractivity contribution in [2.75, 3.05) is 11.5 Å². The first-order valence-electron chi connectivity index (χ1n) is 9.61. The van der Waals surface area contributed by atoms with Gasteiger partial charge in [-0.1, -0.05) is 72.8 Å². The van der Waals surface area contributed by atoms with Gasteiger partial charge in [0, 0.05) is 11.4 Å². The summed E-state index contributed by atoms with van der Waals surface area (Å²) in [6.45, 7) is 0. The molecule has 2 heteroatoms. The minimum atomic E-state index is -0.390. The molecule has 0 heterocycles. The second-order valence-electron chi connectivity index (χ2n) is 7.41. The van der Waals surface area contributed by atoms with Crippen molar-refractivity contribution in [2.24, 2.45) is 0 Å². The van der Waals surface area contributed by atoms with Crippen LogP contribution in [0, 0.1) is 0 Å². The highest BCUT2D eigenvalue weighted by atomic mass is 14.6. The van der Waals surface area contributed by atoms with Crippen molar-refractivity contribution >= 4 is 16.9 Å². The highest BCUT2D eigenvalue weighted by Gasteiger charge is 2.46. The van der Waals surface area contributed by atoms with Gasteiger partial charge in [-0.2, -0.15) is 0 Å². The fourth-order valence-corrected chi connectivity index (χ4v) is 4.64. The Hall–Kier alpha value is -3.52. The smallest absolute Gasteiger partial charge is 0.0713 e. The van der Waals surface area contributed by atoms with E-state index in [1.165, 1.54) is 33.4 Å². The monoisotopic (exact) mass is 362 g/mol. The van der Waals surface area contributed by atoms with Gasteiger partial charge in [0.2, 0.25) is 0 Å². The number of anilines is 2. The zero-order valence-electron chi connectivity index (χ0n) is 15.6. The van der Waals surface area contributed by atoms with Gasteiger partial charge in [-0.15, -0.1) is 0 Å². The molecule has 0 fully saturated rings. The Kier molecular flexibility index (Phi) is 3.73. The van der Waals surface area contributed by atoms with Crippen molar-refractivity contribution in [2.45, 2.75) is 11.8 Å². The third-order valence-corrected chi connectivity index (χ3v) is 5.84. The summed E-state index contributed by atoms with van der Waals surface area (Å²) in [4.78, 5) is 0. The van der Waals surface area contributed by atoms with Gasteiger partial charge in [0.15, 0.2) is 0 Å². The van der Waals surface area contributed by atoms with Crippen LogP contribution in [-0.4, -0.2) is 0 Å². The van der Waals surface area contributed by atoms with E-state index in [0.717, 1.165) is 17.8 Å². The van der Waals surface area contributed by atoms with Crippen molar-refractivity contribution in [1.29, 1.82) is 0 Å². The zero-order chi connectivity index (χ0) is 19.1. The Morgan fingerprint density at radius 2 is 1.21 bits per heavy atom. The van der Waals surface area contributed by atoms with Crippen molar-refractivity contribution in [3.05, 3.63) is 125 Å². The van der Waals surface area contributed by atoms with E-state index in [1.54, 1.807) is 0 Å². The molecule has 0 saturated carbocycles. The molecule has 2 aliphatic carbocycles. The summed E-state index contributed by atoms with van der Waals surface area (Å²) in [5.41, 5.74) is 20.8. The highest BCUT2D eigenvalue weighted by molar-refractivity contribution is 5.92. The first kappa shape index (κ1) is 16.6. The predicted octanol–water partition coefficient (Wildman–Crippen LogP) is 5.47. The highest BCUT2D eigenvalue weighted by Crippen LogP contribution is 2.55. The molecule has 0 unspecified atom stereocenters. The fraction of sp³-hybridized carbons (Fsp3) is 0.0769. The minimum Gasteiger partial charge on any atom is -0.399 e. The van der Waals surface area contributed by atoms with Gasteiger partial charge in [0.1, 0.15) is 0 Å². The number of rotatable bonds is 2. The van der Waals surface area contributed by atoms with E-state index in [1.807, 2.05) is 24.3 Å². The van der Waals surface area contributed by atoms with Gasteiger partial charge in [-0.3, -0.25) is 0 Å². The summed E-state index contributed by atoms with van der Waals surface area (Å²) in [7, 11) is 0. The lowest BCUT2D eigenvalue weighted by Gasteiger charge is -2.35. The van der Waals surface area contributed by atoms with Crippen LogP contribution in [0.25, 0.3) is 5.57 Å². The molecule has 4 N–H and O–H groups in total. The fourth-order valence-electron chi connectivity index (χ4n) is 4.64. The maximum absolute atomic E-state index is 6.02. The van der Waals surface area contributed by atoms with Gasteiger partial charge in [-0.05, 0) is 64.1 Å². The number of hydrogen-bond donors (Lipinski definition) is 2. The maximum atomic E-state index is 6.02. The lowest BCUT2D eigenvalue weighted by molar-refractivity contribution is 0.761. The van der Waals surface area contributed by atoms with Crippen LogP contribution in [0.1, 0.15) is 28.7 Å². The van der Waals surface area contributed by atoms with Gasteiger partial charge < -0.3 is 11.5 Å². The average molecular weight is 362 g/mol. The van der Waals surface area contributed by atoms with E-state index in [4.69, 9.17) is 11.5 Å². The van der Waals surface area contributed by atoms with Crippen LogP contribution in [0.15, 0.2) is 103 Å². The lowest BCUT2D eigenvalue weighted by Crippen LogP contribution is -2.29. The molecule has 5 rings (SSSR count). The molecule has 0 atom stereocenters. The maximum Gasteiger partial charge on any atom is 0.0713 e. The van der Waals surface area contributed by atoms with Gasteiger partial charge in [0.05, 0.1) is 5.41 Å². The number of nitrogen functional groups attached to an aromatic ring is 2. The van der Waals surface area contributed by atoms with E-state index in [9.17, 15) is 0 Å².